The number of nitriles is 1. The zero-order valence-electron chi connectivity index (χ0n) is 13.7. The van der Waals surface area contributed by atoms with Crippen molar-refractivity contribution in [3.63, 3.8) is 0 Å². The Balaban J connectivity index is 2.16. The third kappa shape index (κ3) is 3.42. The summed E-state index contributed by atoms with van der Waals surface area (Å²) in [6.07, 6.45) is 1.62. The van der Waals surface area contributed by atoms with E-state index < -0.39 is 0 Å². The number of nitrogens with zero attached hydrogens (tertiary/aromatic N) is 2. The second kappa shape index (κ2) is 6.84. The third-order valence-corrected chi connectivity index (χ3v) is 4.54. The maximum absolute atomic E-state index is 12.1. The summed E-state index contributed by atoms with van der Waals surface area (Å²) in [5, 5.41) is 9.68. The van der Waals surface area contributed by atoms with E-state index in [0.717, 1.165) is 16.7 Å². The van der Waals surface area contributed by atoms with Crippen LogP contribution in [-0.4, -0.2) is 4.57 Å². The number of nitrogen functional groups attached to an aromatic ring is 1. The van der Waals surface area contributed by atoms with E-state index in [2.05, 4.69) is 6.07 Å². The van der Waals surface area contributed by atoms with Crippen LogP contribution in [0, 0.1) is 18.3 Å². The zero-order valence-corrected chi connectivity index (χ0v) is 14.4. The zero-order chi connectivity index (χ0) is 18.0. The molecule has 0 amide bonds. The first-order valence-electron chi connectivity index (χ1n) is 7.74. The molecule has 3 aromatic rings. The lowest BCUT2D eigenvalue weighted by molar-refractivity contribution is 0.799. The van der Waals surface area contributed by atoms with Crippen LogP contribution in [0.3, 0.4) is 0 Å². The fourth-order valence-corrected chi connectivity index (χ4v) is 2.96. The minimum atomic E-state index is -0.241. The number of aryl methyl sites for hydroxylation is 1. The molecule has 2 N–H and O–H groups in total. The Bertz CT molecular complexity index is 1050. The van der Waals surface area contributed by atoms with E-state index in [4.69, 9.17) is 22.6 Å². The van der Waals surface area contributed by atoms with Gasteiger partial charge in [-0.1, -0.05) is 41.9 Å². The van der Waals surface area contributed by atoms with Crippen molar-refractivity contribution < 1.29 is 0 Å². The Hall–Kier alpha value is -3.03. The Morgan fingerprint density at radius 1 is 1.20 bits per heavy atom. The van der Waals surface area contributed by atoms with Crippen LogP contribution in [0.1, 0.15) is 16.7 Å². The first-order chi connectivity index (χ1) is 12.0. The number of halogens is 1. The smallest absolute Gasteiger partial charge is 0.205 e. The Morgan fingerprint density at radius 2 is 1.96 bits per heavy atom. The largest absolute Gasteiger partial charge is 0.394 e. The highest BCUT2D eigenvalue weighted by Gasteiger charge is 2.12. The third-order valence-electron chi connectivity index (χ3n) is 4.03. The second-order valence-electron chi connectivity index (χ2n) is 5.85. The lowest BCUT2D eigenvalue weighted by Crippen LogP contribution is -2.14. The van der Waals surface area contributed by atoms with Crippen LogP contribution in [0.5, 0.6) is 0 Å². The van der Waals surface area contributed by atoms with Gasteiger partial charge in [0.1, 0.15) is 0 Å². The lowest BCUT2D eigenvalue weighted by atomic mass is 10.1. The SMILES string of the molecule is Cc1cccc(-c2cc(=O)c(N)cn2Cc2cccc(C#N)c2)c1Cl. The van der Waals surface area contributed by atoms with Crippen molar-refractivity contribution in [1.29, 1.82) is 5.26 Å². The van der Waals surface area contributed by atoms with Gasteiger partial charge in [-0.05, 0) is 30.2 Å². The van der Waals surface area contributed by atoms with Crippen molar-refractivity contribution in [2.45, 2.75) is 13.5 Å². The molecule has 0 bridgehead atoms. The van der Waals surface area contributed by atoms with Gasteiger partial charge in [0.05, 0.1) is 28.0 Å². The summed E-state index contributed by atoms with van der Waals surface area (Å²) in [5.74, 6) is 0. The number of anilines is 1. The molecule has 0 aliphatic carbocycles. The van der Waals surface area contributed by atoms with E-state index in [1.54, 1.807) is 12.3 Å². The average Bonchev–Trinajstić information content (AvgIpc) is 2.61. The van der Waals surface area contributed by atoms with Crippen molar-refractivity contribution in [3.8, 4) is 17.3 Å². The van der Waals surface area contributed by atoms with Gasteiger partial charge in [0.25, 0.3) is 0 Å². The van der Waals surface area contributed by atoms with Gasteiger partial charge < -0.3 is 10.3 Å². The number of rotatable bonds is 3. The summed E-state index contributed by atoms with van der Waals surface area (Å²) in [6, 6.07) is 16.7. The highest BCUT2D eigenvalue weighted by Crippen LogP contribution is 2.30. The summed E-state index contributed by atoms with van der Waals surface area (Å²) in [6.45, 7) is 2.39. The summed E-state index contributed by atoms with van der Waals surface area (Å²) in [7, 11) is 0. The maximum Gasteiger partial charge on any atom is 0.205 e. The van der Waals surface area contributed by atoms with Gasteiger partial charge in [-0.25, -0.2) is 0 Å². The van der Waals surface area contributed by atoms with Crippen LogP contribution in [0.15, 0.2) is 59.5 Å². The molecule has 0 radical (unpaired) electrons. The first kappa shape index (κ1) is 16.8. The summed E-state index contributed by atoms with van der Waals surface area (Å²) in [5.41, 5.74) is 9.67. The molecular formula is C20H16ClN3O. The number of hydrogen-bond acceptors (Lipinski definition) is 3. The quantitative estimate of drug-likeness (QED) is 0.777. The maximum atomic E-state index is 12.1. The van der Waals surface area contributed by atoms with Crippen molar-refractivity contribution in [2.24, 2.45) is 0 Å². The van der Waals surface area contributed by atoms with Crippen LogP contribution in [0.25, 0.3) is 11.3 Å². The molecule has 0 aliphatic rings. The summed E-state index contributed by atoms with van der Waals surface area (Å²) >= 11 is 6.45. The number of pyridine rings is 1. The molecule has 1 heterocycles. The van der Waals surface area contributed by atoms with E-state index in [1.165, 1.54) is 6.07 Å². The highest BCUT2D eigenvalue weighted by molar-refractivity contribution is 6.34. The van der Waals surface area contributed by atoms with Gasteiger partial charge in [-0.15, -0.1) is 0 Å². The van der Waals surface area contributed by atoms with Crippen molar-refractivity contribution in [1.82, 2.24) is 4.57 Å². The molecule has 124 valence electrons. The fourth-order valence-electron chi connectivity index (χ4n) is 2.74. The minimum Gasteiger partial charge on any atom is -0.394 e. The molecule has 3 rings (SSSR count). The molecule has 0 saturated carbocycles. The molecule has 25 heavy (non-hydrogen) atoms. The van der Waals surface area contributed by atoms with E-state index in [9.17, 15) is 4.79 Å². The van der Waals surface area contributed by atoms with Crippen LogP contribution in [-0.2, 0) is 6.54 Å². The van der Waals surface area contributed by atoms with Crippen LogP contribution < -0.4 is 11.2 Å². The Labute approximate surface area is 150 Å². The van der Waals surface area contributed by atoms with Gasteiger partial charge in [0, 0.05) is 24.4 Å². The summed E-state index contributed by atoms with van der Waals surface area (Å²) < 4.78 is 1.88. The highest BCUT2D eigenvalue weighted by atomic mass is 35.5. The Morgan fingerprint density at radius 3 is 2.72 bits per heavy atom. The van der Waals surface area contributed by atoms with Crippen molar-refractivity contribution >= 4 is 17.3 Å². The topological polar surface area (TPSA) is 71.8 Å². The predicted octanol–water partition coefficient (Wildman–Crippen LogP) is 3.98. The number of benzene rings is 2. The molecule has 1 aromatic heterocycles. The number of hydrogen-bond donors (Lipinski definition) is 1. The molecule has 0 spiro atoms. The molecule has 0 atom stereocenters. The van der Waals surface area contributed by atoms with Gasteiger partial charge in [-0.2, -0.15) is 5.26 Å². The van der Waals surface area contributed by atoms with E-state index in [0.29, 0.717) is 22.8 Å². The van der Waals surface area contributed by atoms with E-state index in [-0.39, 0.29) is 11.1 Å². The molecular weight excluding hydrogens is 334 g/mol. The molecule has 0 saturated heterocycles. The number of aromatic nitrogens is 1. The fraction of sp³-hybridized carbons (Fsp3) is 0.100. The molecule has 2 aromatic carbocycles. The lowest BCUT2D eigenvalue weighted by Gasteiger charge is -2.16. The van der Waals surface area contributed by atoms with Gasteiger partial charge in [0.2, 0.25) is 5.43 Å². The second-order valence-corrected chi connectivity index (χ2v) is 6.23. The van der Waals surface area contributed by atoms with Crippen LogP contribution in [0.2, 0.25) is 5.02 Å². The Kier molecular flexibility index (Phi) is 4.60. The molecule has 0 aliphatic heterocycles. The van der Waals surface area contributed by atoms with E-state index in [1.807, 2.05) is 47.9 Å². The normalized spacial score (nSPS) is 10.4. The van der Waals surface area contributed by atoms with Crippen LogP contribution >= 0.6 is 11.6 Å². The van der Waals surface area contributed by atoms with Crippen molar-refractivity contribution in [2.75, 3.05) is 5.73 Å². The molecule has 0 fully saturated rings. The molecule has 4 nitrogen and oxygen atoms in total. The van der Waals surface area contributed by atoms with Gasteiger partial charge >= 0.3 is 0 Å². The average molecular weight is 350 g/mol. The minimum absolute atomic E-state index is 0.170. The number of nitrogens with two attached hydrogens (primary N) is 1. The van der Waals surface area contributed by atoms with Crippen LogP contribution in [0.4, 0.5) is 5.69 Å². The predicted molar refractivity (Wildman–Crippen MR) is 101 cm³/mol. The van der Waals surface area contributed by atoms with Gasteiger partial charge in [-0.3, -0.25) is 4.79 Å². The molecule has 5 heteroatoms. The molecule has 0 unspecified atom stereocenters. The standard InChI is InChI=1S/C20H16ClN3O/c1-13-4-2-7-16(20(13)21)18-9-19(25)17(23)12-24(18)11-15-6-3-5-14(8-15)10-22/h2-9,12H,11,23H2,1H3. The van der Waals surface area contributed by atoms with Crippen molar-refractivity contribution in [3.05, 3.63) is 86.7 Å². The summed E-state index contributed by atoms with van der Waals surface area (Å²) in [4.78, 5) is 12.1. The van der Waals surface area contributed by atoms with Gasteiger partial charge in [0.15, 0.2) is 0 Å². The first-order valence-corrected chi connectivity index (χ1v) is 8.12. The monoisotopic (exact) mass is 349 g/mol. The van der Waals surface area contributed by atoms with E-state index >= 15 is 0 Å².